The van der Waals surface area contributed by atoms with Gasteiger partial charge in [-0.05, 0) is 33.6 Å². The molecule has 2 aliphatic heterocycles. The highest BCUT2D eigenvalue weighted by molar-refractivity contribution is 5.68. The summed E-state index contributed by atoms with van der Waals surface area (Å²) in [5.41, 5.74) is -0.388. The Kier molecular flexibility index (Phi) is 2.79. The number of piperidine rings is 1. The van der Waals surface area contributed by atoms with Crippen LogP contribution in [0.4, 0.5) is 4.79 Å². The maximum absolute atomic E-state index is 11.8. The number of ether oxygens (including phenoxy) is 1. The maximum Gasteiger partial charge on any atom is 0.410 e. The van der Waals surface area contributed by atoms with Crippen LogP contribution in [0.25, 0.3) is 0 Å². The van der Waals surface area contributed by atoms with Gasteiger partial charge in [-0.15, -0.1) is 0 Å². The number of amides is 2. The molecule has 5 heteroatoms. The molecule has 2 saturated heterocycles. The molecule has 0 aliphatic carbocycles. The summed E-state index contributed by atoms with van der Waals surface area (Å²) in [5, 5.41) is 0. The van der Waals surface area contributed by atoms with Gasteiger partial charge in [-0.25, -0.2) is 4.79 Å². The summed E-state index contributed by atoms with van der Waals surface area (Å²) in [6.07, 6.45) is 2.39. The van der Waals surface area contributed by atoms with Crippen molar-refractivity contribution < 1.29 is 14.3 Å². The van der Waals surface area contributed by atoms with E-state index >= 15 is 0 Å². The Balaban J connectivity index is 1.83. The number of likely N-dealkylation sites (tertiary alicyclic amines) is 1. The molecule has 17 heavy (non-hydrogen) atoms. The summed E-state index contributed by atoms with van der Waals surface area (Å²) in [6.45, 7) is 7.80. The summed E-state index contributed by atoms with van der Waals surface area (Å²) in [7, 11) is 0. The Hall–Kier alpha value is -1.26. The van der Waals surface area contributed by atoms with Crippen LogP contribution in [-0.4, -0.2) is 53.1 Å². The van der Waals surface area contributed by atoms with E-state index < -0.39 is 5.60 Å². The molecule has 0 saturated carbocycles. The van der Waals surface area contributed by atoms with Crippen molar-refractivity contribution in [2.24, 2.45) is 0 Å². The topological polar surface area (TPSA) is 49.6 Å². The van der Waals surface area contributed by atoms with Crippen LogP contribution in [-0.2, 0) is 9.53 Å². The summed E-state index contributed by atoms with van der Waals surface area (Å²) in [5.74, 6) is 0. The van der Waals surface area contributed by atoms with E-state index in [9.17, 15) is 9.59 Å². The first-order valence-corrected chi connectivity index (χ1v) is 6.06. The van der Waals surface area contributed by atoms with Gasteiger partial charge in [-0.1, -0.05) is 0 Å². The molecule has 5 nitrogen and oxygen atoms in total. The first-order valence-electron chi connectivity index (χ1n) is 6.06. The van der Waals surface area contributed by atoms with E-state index in [4.69, 9.17) is 4.74 Å². The van der Waals surface area contributed by atoms with Crippen LogP contribution in [0.3, 0.4) is 0 Å². The van der Waals surface area contributed by atoms with Crippen molar-refractivity contribution in [2.45, 2.75) is 44.8 Å². The van der Waals surface area contributed by atoms with Crippen LogP contribution in [0.5, 0.6) is 0 Å². The molecule has 0 aromatic rings. The van der Waals surface area contributed by atoms with Crippen molar-refractivity contribution in [3.63, 3.8) is 0 Å². The zero-order valence-corrected chi connectivity index (χ0v) is 10.7. The second-order valence-corrected chi connectivity index (χ2v) is 5.93. The zero-order valence-electron chi connectivity index (χ0n) is 10.7. The van der Waals surface area contributed by atoms with Crippen LogP contribution in [0.15, 0.2) is 0 Å². The van der Waals surface area contributed by atoms with Gasteiger partial charge in [0.05, 0.1) is 5.54 Å². The minimum Gasteiger partial charge on any atom is -0.444 e. The molecule has 0 aromatic heterocycles. The largest absolute Gasteiger partial charge is 0.444 e. The fourth-order valence-corrected chi connectivity index (χ4v) is 2.31. The Bertz CT molecular complexity index is 327. The molecule has 0 unspecified atom stereocenters. The van der Waals surface area contributed by atoms with Crippen LogP contribution >= 0.6 is 0 Å². The SMILES string of the molecule is CC(C)(C)OC(=O)N1CCC2(CC1)CN2C=O. The lowest BCUT2D eigenvalue weighted by Gasteiger charge is -2.33. The third-order valence-corrected chi connectivity index (χ3v) is 3.44. The molecule has 2 aliphatic rings. The van der Waals surface area contributed by atoms with Gasteiger partial charge >= 0.3 is 6.09 Å². The number of hydrogen-bond donors (Lipinski definition) is 0. The summed E-state index contributed by atoms with van der Waals surface area (Å²) < 4.78 is 5.32. The molecule has 1 spiro atoms. The van der Waals surface area contributed by atoms with E-state index in [2.05, 4.69) is 0 Å². The molecular formula is C12H20N2O3. The van der Waals surface area contributed by atoms with Crippen molar-refractivity contribution >= 4 is 12.5 Å². The predicted octanol–water partition coefficient (Wildman–Crippen LogP) is 1.23. The van der Waals surface area contributed by atoms with Gasteiger partial charge in [0.15, 0.2) is 0 Å². The van der Waals surface area contributed by atoms with E-state index in [1.807, 2.05) is 25.7 Å². The molecule has 96 valence electrons. The van der Waals surface area contributed by atoms with Gasteiger partial charge in [0.2, 0.25) is 6.41 Å². The van der Waals surface area contributed by atoms with Gasteiger partial charge in [-0.2, -0.15) is 0 Å². The smallest absolute Gasteiger partial charge is 0.410 e. The summed E-state index contributed by atoms with van der Waals surface area (Å²) in [6, 6.07) is 0. The Labute approximate surface area is 102 Å². The van der Waals surface area contributed by atoms with Gasteiger partial charge in [0.25, 0.3) is 0 Å². The monoisotopic (exact) mass is 240 g/mol. The fourth-order valence-electron chi connectivity index (χ4n) is 2.31. The first kappa shape index (κ1) is 12.2. The molecular weight excluding hydrogens is 220 g/mol. The van der Waals surface area contributed by atoms with Crippen molar-refractivity contribution in [2.75, 3.05) is 19.6 Å². The minimum atomic E-state index is -0.444. The van der Waals surface area contributed by atoms with Gasteiger partial charge < -0.3 is 14.5 Å². The highest BCUT2D eigenvalue weighted by atomic mass is 16.6. The molecule has 0 aromatic carbocycles. The van der Waals surface area contributed by atoms with E-state index in [0.29, 0.717) is 13.1 Å². The van der Waals surface area contributed by atoms with E-state index in [-0.39, 0.29) is 11.6 Å². The molecule has 0 N–H and O–H groups in total. The number of carbonyl (C=O) groups is 2. The molecule has 0 bridgehead atoms. The summed E-state index contributed by atoms with van der Waals surface area (Å²) >= 11 is 0. The molecule has 2 heterocycles. The van der Waals surface area contributed by atoms with Crippen molar-refractivity contribution in [1.82, 2.24) is 9.80 Å². The quantitative estimate of drug-likeness (QED) is 0.511. The molecule has 2 fully saturated rings. The van der Waals surface area contributed by atoms with E-state index in [0.717, 1.165) is 25.8 Å². The standard InChI is InChI=1S/C12H20N2O3/c1-11(2,3)17-10(16)13-6-4-12(5-7-13)8-14(12)9-15/h9H,4-8H2,1-3H3. The zero-order chi connectivity index (χ0) is 12.7. The normalized spacial score (nSPS) is 22.5. The van der Waals surface area contributed by atoms with Crippen molar-refractivity contribution in [3.05, 3.63) is 0 Å². The lowest BCUT2D eigenvalue weighted by Crippen LogP contribution is -2.45. The minimum absolute atomic E-state index is 0.0558. The van der Waals surface area contributed by atoms with E-state index in [1.54, 1.807) is 4.90 Å². The molecule has 2 amide bonds. The molecule has 0 radical (unpaired) electrons. The van der Waals surface area contributed by atoms with Crippen LogP contribution in [0.2, 0.25) is 0 Å². The van der Waals surface area contributed by atoms with E-state index in [1.165, 1.54) is 0 Å². The average molecular weight is 240 g/mol. The highest BCUT2D eigenvalue weighted by Crippen LogP contribution is 2.40. The Morgan fingerprint density at radius 3 is 2.29 bits per heavy atom. The second kappa shape index (κ2) is 3.89. The number of rotatable bonds is 1. The Morgan fingerprint density at radius 2 is 1.88 bits per heavy atom. The predicted molar refractivity (Wildman–Crippen MR) is 62.5 cm³/mol. The lowest BCUT2D eigenvalue weighted by atomic mass is 9.97. The summed E-state index contributed by atoms with van der Waals surface area (Å²) in [4.78, 5) is 26.0. The van der Waals surface area contributed by atoms with Gasteiger partial charge in [0.1, 0.15) is 5.60 Å². The fraction of sp³-hybridized carbons (Fsp3) is 0.833. The van der Waals surface area contributed by atoms with Crippen LogP contribution in [0.1, 0.15) is 33.6 Å². The molecule has 2 rings (SSSR count). The van der Waals surface area contributed by atoms with Crippen molar-refractivity contribution in [3.8, 4) is 0 Å². The number of nitrogens with zero attached hydrogens (tertiary/aromatic N) is 2. The van der Waals surface area contributed by atoms with Crippen LogP contribution < -0.4 is 0 Å². The lowest BCUT2D eigenvalue weighted by molar-refractivity contribution is -0.114. The molecule has 0 atom stereocenters. The number of carbonyl (C=O) groups excluding carboxylic acids is 2. The third-order valence-electron chi connectivity index (χ3n) is 3.44. The van der Waals surface area contributed by atoms with Crippen LogP contribution in [0, 0.1) is 0 Å². The van der Waals surface area contributed by atoms with Gasteiger partial charge in [0, 0.05) is 19.6 Å². The number of hydrogen-bond acceptors (Lipinski definition) is 3. The average Bonchev–Trinajstić information content (AvgIpc) is 2.90. The first-order chi connectivity index (χ1) is 7.86. The van der Waals surface area contributed by atoms with Gasteiger partial charge in [-0.3, -0.25) is 4.79 Å². The van der Waals surface area contributed by atoms with Crippen molar-refractivity contribution in [1.29, 1.82) is 0 Å². The third kappa shape index (κ3) is 2.53. The Morgan fingerprint density at radius 1 is 1.29 bits per heavy atom. The maximum atomic E-state index is 11.8. The highest BCUT2D eigenvalue weighted by Gasteiger charge is 2.53. The second-order valence-electron chi connectivity index (χ2n) is 5.93.